The number of ketones is 1. The van der Waals surface area contributed by atoms with Crippen molar-refractivity contribution in [3.8, 4) is 0 Å². The molecule has 0 bridgehead atoms. The number of hydrogen-bond acceptors (Lipinski definition) is 3. The van der Waals surface area contributed by atoms with Crippen LogP contribution in [-0.2, 0) is 0 Å². The molecule has 4 heteroatoms. The van der Waals surface area contributed by atoms with Crippen molar-refractivity contribution >= 4 is 11.5 Å². The van der Waals surface area contributed by atoms with E-state index in [0.717, 1.165) is 12.8 Å². The van der Waals surface area contributed by atoms with Crippen molar-refractivity contribution < 1.29 is 9.72 Å². The van der Waals surface area contributed by atoms with Gasteiger partial charge in [0, 0.05) is 23.6 Å². The SMILES string of the molecule is O=C(c1ccc([N+](=O)[O-])cc1)C1CC1. The van der Waals surface area contributed by atoms with Crippen molar-refractivity contribution in [2.75, 3.05) is 0 Å². The van der Waals surface area contributed by atoms with Gasteiger partial charge in [0.2, 0.25) is 0 Å². The third-order valence-corrected chi connectivity index (χ3v) is 2.31. The van der Waals surface area contributed by atoms with Crippen molar-refractivity contribution in [3.63, 3.8) is 0 Å². The zero-order chi connectivity index (χ0) is 10.1. The Bertz CT molecular complexity index is 379. The largest absolute Gasteiger partial charge is 0.294 e. The molecule has 72 valence electrons. The summed E-state index contributed by atoms with van der Waals surface area (Å²) < 4.78 is 0. The maximum atomic E-state index is 11.5. The number of carbonyl (C=O) groups is 1. The number of Topliss-reactive ketones (excluding diaryl/α,β-unsaturated/α-hetero) is 1. The number of nitro groups is 1. The monoisotopic (exact) mass is 191 g/mol. The summed E-state index contributed by atoms with van der Waals surface area (Å²) in [7, 11) is 0. The lowest BCUT2D eigenvalue weighted by Crippen LogP contribution is -2.00. The molecule has 1 aliphatic carbocycles. The Morgan fingerprint density at radius 3 is 2.29 bits per heavy atom. The van der Waals surface area contributed by atoms with E-state index in [1.807, 2.05) is 0 Å². The van der Waals surface area contributed by atoms with Crippen LogP contribution in [0.4, 0.5) is 5.69 Å². The minimum atomic E-state index is -0.467. The quantitative estimate of drug-likeness (QED) is 0.418. The van der Waals surface area contributed by atoms with E-state index >= 15 is 0 Å². The van der Waals surface area contributed by atoms with Crippen molar-refractivity contribution in [3.05, 3.63) is 39.9 Å². The molecule has 1 aliphatic rings. The van der Waals surface area contributed by atoms with Crippen molar-refractivity contribution in [1.82, 2.24) is 0 Å². The average Bonchev–Trinajstić information content (AvgIpc) is 3.00. The molecule has 0 amide bonds. The first kappa shape index (κ1) is 8.87. The number of rotatable bonds is 3. The summed E-state index contributed by atoms with van der Waals surface area (Å²) in [5, 5.41) is 10.3. The van der Waals surface area contributed by atoms with Gasteiger partial charge >= 0.3 is 0 Å². The van der Waals surface area contributed by atoms with Gasteiger partial charge in [-0.05, 0) is 25.0 Å². The van der Waals surface area contributed by atoms with Crippen LogP contribution in [0.25, 0.3) is 0 Å². The van der Waals surface area contributed by atoms with Gasteiger partial charge in [0.05, 0.1) is 4.92 Å². The Morgan fingerprint density at radius 2 is 1.86 bits per heavy atom. The van der Waals surface area contributed by atoms with E-state index < -0.39 is 4.92 Å². The molecule has 0 radical (unpaired) electrons. The van der Waals surface area contributed by atoms with Crippen LogP contribution in [0.3, 0.4) is 0 Å². The molecule has 0 heterocycles. The summed E-state index contributed by atoms with van der Waals surface area (Å²) in [6, 6.07) is 5.79. The standard InChI is InChI=1S/C10H9NO3/c12-10(7-1-2-7)8-3-5-9(6-4-8)11(13)14/h3-7H,1-2H2. The van der Waals surface area contributed by atoms with E-state index in [9.17, 15) is 14.9 Å². The van der Waals surface area contributed by atoms with Crippen LogP contribution in [0.15, 0.2) is 24.3 Å². The average molecular weight is 191 g/mol. The molecule has 0 atom stereocenters. The van der Waals surface area contributed by atoms with Crippen molar-refractivity contribution in [2.24, 2.45) is 5.92 Å². The van der Waals surface area contributed by atoms with E-state index in [1.54, 1.807) is 0 Å². The lowest BCUT2D eigenvalue weighted by molar-refractivity contribution is -0.384. The van der Waals surface area contributed by atoms with Crippen LogP contribution < -0.4 is 0 Å². The number of carbonyl (C=O) groups excluding carboxylic acids is 1. The van der Waals surface area contributed by atoms with Gasteiger partial charge in [0.1, 0.15) is 0 Å². The molecule has 1 fully saturated rings. The van der Waals surface area contributed by atoms with E-state index in [1.165, 1.54) is 24.3 Å². The first-order valence-electron chi connectivity index (χ1n) is 4.47. The summed E-state index contributed by atoms with van der Waals surface area (Å²) in [6.07, 6.45) is 1.91. The molecule has 1 aromatic carbocycles. The van der Waals surface area contributed by atoms with E-state index in [0.29, 0.717) is 5.56 Å². The fraction of sp³-hybridized carbons (Fsp3) is 0.300. The third kappa shape index (κ3) is 1.64. The second-order valence-corrected chi connectivity index (χ2v) is 3.44. The Balaban J connectivity index is 2.20. The molecule has 0 aliphatic heterocycles. The highest BCUT2D eigenvalue weighted by Crippen LogP contribution is 2.32. The summed E-state index contributed by atoms with van der Waals surface area (Å²) >= 11 is 0. The van der Waals surface area contributed by atoms with E-state index in [4.69, 9.17) is 0 Å². The van der Waals surface area contributed by atoms with Crippen molar-refractivity contribution in [1.29, 1.82) is 0 Å². The Hall–Kier alpha value is -1.71. The first-order valence-corrected chi connectivity index (χ1v) is 4.47. The number of hydrogen-bond donors (Lipinski definition) is 0. The second kappa shape index (κ2) is 3.21. The summed E-state index contributed by atoms with van der Waals surface area (Å²) in [5.74, 6) is 0.274. The minimum absolute atomic E-state index is 0.0253. The number of nitro benzene ring substituents is 1. The molecule has 0 aromatic heterocycles. The first-order chi connectivity index (χ1) is 6.68. The number of benzene rings is 1. The van der Waals surface area contributed by atoms with Gasteiger partial charge in [-0.15, -0.1) is 0 Å². The van der Waals surface area contributed by atoms with Gasteiger partial charge in [-0.25, -0.2) is 0 Å². The van der Waals surface area contributed by atoms with Gasteiger partial charge in [-0.1, -0.05) is 0 Å². The minimum Gasteiger partial charge on any atom is -0.294 e. The molecule has 1 saturated carbocycles. The normalized spacial score (nSPS) is 15.1. The molecule has 14 heavy (non-hydrogen) atoms. The molecule has 0 spiro atoms. The summed E-state index contributed by atoms with van der Waals surface area (Å²) in [4.78, 5) is 21.4. The number of nitrogens with zero attached hydrogens (tertiary/aromatic N) is 1. The molecule has 0 N–H and O–H groups in total. The van der Waals surface area contributed by atoms with Gasteiger partial charge in [-0.3, -0.25) is 14.9 Å². The smallest absolute Gasteiger partial charge is 0.269 e. The Labute approximate surface area is 80.7 Å². The third-order valence-electron chi connectivity index (χ3n) is 2.31. The molecule has 1 aromatic rings. The summed E-state index contributed by atoms with van der Waals surface area (Å²) in [5.41, 5.74) is 0.607. The van der Waals surface area contributed by atoms with Gasteiger partial charge < -0.3 is 0 Å². The topological polar surface area (TPSA) is 60.2 Å². The van der Waals surface area contributed by atoms with Crippen molar-refractivity contribution in [2.45, 2.75) is 12.8 Å². The van der Waals surface area contributed by atoms with Crippen LogP contribution in [-0.4, -0.2) is 10.7 Å². The molecule has 0 unspecified atom stereocenters. The number of non-ortho nitro benzene ring substituents is 1. The zero-order valence-corrected chi connectivity index (χ0v) is 7.47. The lowest BCUT2D eigenvalue weighted by atomic mass is 10.1. The van der Waals surface area contributed by atoms with Gasteiger partial charge in [0.25, 0.3) is 5.69 Å². The predicted octanol–water partition coefficient (Wildman–Crippen LogP) is 2.19. The molecule has 4 nitrogen and oxygen atoms in total. The van der Waals surface area contributed by atoms with Crippen LogP contribution in [0.1, 0.15) is 23.2 Å². The van der Waals surface area contributed by atoms with Crippen LogP contribution in [0.5, 0.6) is 0 Å². The molecular formula is C10H9NO3. The fourth-order valence-corrected chi connectivity index (χ4v) is 1.33. The fourth-order valence-electron chi connectivity index (χ4n) is 1.33. The molecule has 0 saturated heterocycles. The highest BCUT2D eigenvalue weighted by atomic mass is 16.6. The Kier molecular flexibility index (Phi) is 2.04. The second-order valence-electron chi connectivity index (χ2n) is 3.44. The van der Waals surface area contributed by atoms with Crippen LogP contribution in [0.2, 0.25) is 0 Å². The molecule has 2 rings (SSSR count). The summed E-state index contributed by atoms with van der Waals surface area (Å²) in [6.45, 7) is 0. The van der Waals surface area contributed by atoms with Gasteiger partial charge in [0.15, 0.2) is 5.78 Å². The Morgan fingerprint density at radius 1 is 1.29 bits per heavy atom. The van der Waals surface area contributed by atoms with Crippen LogP contribution in [0, 0.1) is 16.0 Å². The lowest BCUT2D eigenvalue weighted by Gasteiger charge is -1.97. The highest BCUT2D eigenvalue weighted by molar-refractivity contribution is 5.99. The zero-order valence-electron chi connectivity index (χ0n) is 7.47. The van der Waals surface area contributed by atoms with E-state index in [2.05, 4.69) is 0 Å². The predicted molar refractivity (Wildman–Crippen MR) is 50.2 cm³/mol. The van der Waals surface area contributed by atoms with E-state index in [-0.39, 0.29) is 17.4 Å². The molecular weight excluding hydrogens is 182 g/mol. The van der Waals surface area contributed by atoms with Crippen LogP contribution >= 0.6 is 0 Å². The maximum absolute atomic E-state index is 11.5. The maximum Gasteiger partial charge on any atom is 0.269 e. The highest BCUT2D eigenvalue weighted by Gasteiger charge is 2.30. The van der Waals surface area contributed by atoms with Gasteiger partial charge in [-0.2, -0.15) is 0 Å².